The number of aliphatic hydroxyl groups excluding tert-OH is 1. The minimum Gasteiger partial charge on any atom is -0.489 e. The fourth-order valence-electron chi connectivity index (χ4n) is 4.11. The van der Waals surface area contributed by atoms with Crippen molar-refractivity contribution in [3.63, 3.8) is 0 Å². The average molecular weight is 478 g/mol. The van der Waals surface area contributed by atoms with Crippen molar-refractivity contribution in [2.45, 2.75) is 25.2 Å². The number of nitrogens with one attached hydrogen (secondary N) is 3. The molecule has 5 rings (SSSR count). The van der Waals surface area contributed by atoms with Gasteiger partial charge in [-0.2, -0.15) is 5.10 Å². The first-order chi connectivity index (χ1) is 16.6. The van der Waals surface area contributed by atoms with Gasteiger partial charge >= 0.3 is 4.87 Å². The van der Waals surface area contributed by atoms with Gasteiger partial charge in [-0.05, 0) is 36.4 Å². The van der Waals surface area contributed by atoms with E-state index in [0.29, 0.717) is 41.7 Å². The van der Waals surface area contributed by atoms with Gasteiger partial charge in [-0.25, -0.2) is 5.10 Å². The van der Waals surface area contributed by atoms with Crippen LogP contribution in [0.25, 0.3) is 10.9 Å². The summed E-state index contributed by atoms with van der Waals surface area (Å²) in [6.45, 7) is 1.43. The van der Waals surface area contributed by atoms with Gasteiger partial charge in [0.15, 0.2) is 0 Å². The Bertz CT molecular complexity index is 1370. The second kappa shape index (κ2) is 9.72. The van der Waals surface area contributed by atoms with E-state index in [2.05, 4.69) is 25.8 Å². The van der Waals surface area contributed by atoms with Gasteiger partial charge in [0.2, 0.25) is 0 Å². The summed E-state index contributed by atoms with van der Waals surface area (Å²) >= 11 is 1.07. The third-order valence-electron chi connectivity index (χ3n) is 5.83. The molecule has 3 heterocycles. The van der Waals surface area contributed by atoms with Gasteiger partial charge in [0, 0.05) is 35.5 Å². The van der Waals surface area contributed by atoms with E-state index in [0.717, 1.165) is 27.8 Å². The molecule has 0 saturated carbocycles. The molecule has 9 nitrogen and oxygen atoms in total. The van der Waals surface area contributed by atoms with Crippen LogP contribution in [0.15, 0.2) is 59.4 Å². The number of fused-ring (bicyclic) bond motifs is 1. The number of hydrogen-bond donors (Lipinski definition) is 4. The lowest BCUT2D eigenvalue weighted by Crippen LogP contribution is -2.39. The summed E-state index contributed by atoms with van der Waals surface area (Å²) in [4.78, 5) is 28.5. The first kappa shape index (κ1) is 22.2. The number of nitrogens with zero attached hydrogens (tertiary/aromatic N) is 2. The molecule has 2 atom stereocenters. The lowest BCUT2D eigenvalue weighted by molar-refractivity contribution is 0.0937. The Labute approximate surface area is 198 Å². The maximum absolute atomic E-state index is 12.8. The van der Waals surface area contributed by atoms with Gasteiger partial charge in [0.1, 0.15) is 17.4 Å². The number of H-pyrrole nitrogens is 1. The van der Waals surface area contributed by atoms with Crippen molar-refractivity contribution < 1.29 is 14.6 Å². The zero-order chi connectivity index (χ0) is 23.5. The molecule has 1 amide bonds. The number of ether oxygens (including phenoxy) is 1. The highest BCUT2D eigenvalue weighted by atomic mass is 32.1. The van der Waals surface area contributed by atoms with Crippen molar-refractivity contribution in [3.8, 4) is 5.75 Å². The Morgan fingerprint density at radius 1 is 1.18 bits per heavy atom. The van der Waals surface area contributed by atoms with E-state index in [4.69, 9.17) is 4.74 Å². The molecule has 4 aromatic rings. The molecule has 1 fully saturated rings. The van der Waals surface area contributed by atoms with Crippen LogP contribution in [0, 0.1) is 0 Å². The average Bonchev–Trinajstić information content (AvgIpc) is 3.51. The zero-order valence-electron chi connectivity index (χ0n) is 18.2. The maximum Gasteiger partial charge on any atom is 0.322 e. The number of pyridine rings is 1. The molecule has 0 bridgehead atoms. The van der Waals surface area contributed by atoms with Gasteiger partial charge in [-0.1, -0.05) is 29.5 Å². The SMILES string of the molecule is O=C(N[C@@H]1CNC[C@@H]1c1n[nH]c(=O)s1)c1ccc(OCc2cc(CO)nc3ccccc23)cc1. The Balaban J connectivity index is 1.24. The van der Waals surface area contributed by atoms with E-state index in [1.807, 2.05) is 30.3 Å². The predicted octanol–water partition coefficient (Wildman–Crippen LogP) is 1.94. The quantitative estimate of drug-likeness (QED) is 0.320. The standard InChI is InChI=1S/C24H23N5O4S/c30-12-16-9-15(18-3-1-2-4-20(18)26-16)13-33-17-7-5-14(6-8-17)22(31)27-21-11-25-10-19(21)23-28-29-24(32)34-23/h1-9,19,21,25,30H,10-13H2,(H,27,31)(H,29,32)/t19-,21+/m0/s1. The van der Waals surface area contributed by atoms with Gasteiger partial charge in [0.25, 0.3) is 5.91 Å². The smallest absolute Gasteiger partial charge is 0.322 e. The summed E-state index contributed by atoms with van der Waals surface area (Å²) in [6, 6.07) is 16.4. The topological polar surface area (TPSA) is 129 Å². The third kappa shape index (κ3) is 4.69. The molecule has 174 valence electrons. The molecular formula is C24H23N5O4S. The number of carbonyl (C=O) groups excluding carboxylic acids is 1. The lowest BCUT2D eigenvalue weighted by Gasteiger charge is -2.18. The van der Waals surface area contributed by atoms with Crippen LogP contribution in [-0.2, 0) is 13.2 Å². The Morgan fingerprint density at radius 2 is 2.00 bits per heavy atom. The number of aromatic amines is 1. The molecule has 1 aliphatic rings. The predicted molar refractivity (Wildman–Crippen MR) is 128 cm³/mol. The molecule has 10 heteroatoms. The molecule has 1 saturated heterocycles. The van der Waals surface area contributed by atoms with Crippen molar-refractivity contribution in [2.75, 3.05) is 13.1 Å². The Morgan fingerprint density at radius 3 is 2.76 bits per heavy atom. The second-order valence-corrected chi connectivity index (χ2v) is 9.05. The lowest BCUT2D eigenvalue weighted by atomic mass is 10.0. The van der Waals surface area contributed by atoms with Crippen LogP contribution in [0.4, 0.5) is 0 Å². The highest BCUT2D eigenvalue weighted by Crippen LogP contribution is 2.24. The normalized spacial score (nSPS) is 17.7. The summed E-state index contributed by atoms with van der Waals surface area (Å²) in [7, 11) is 0. The van der Waals surface area contributed by atoms with Gasteiger partial charge in [-0.15, -0.1) is 0 Å². The second-order valence-electron chi connectivity index (χ2n) is 8.06. The Hall–Kier alpha value is -3.60. The number of aliphatic hydroxyl groups is 1. The van der Waals surface area contributed by atoms with E-state index < -0.39 is 0 Å². The van der Waals surface area contributed by atoms with Gasteiger partial charge in [0.05, 0.1) is 23.9 Å². The van der Waals surface area contributed by atoms with Crippen molar-refractivity contribution in [3.05, 3.63) is 86.1 Å². The summed E-state index contributed by atoms with van der Waals surface area (Å²) in [6.07, 6.45) is 0. The molecule has 0 spiro atoms. The Kier molecular flexibility index (Phi) is 6.35. The fourth-order valence-corrected chi connectivity index (χ4v) is 4.89. The molecule has 0 unspecified atom stereocenters. The van der Waals surface area contributed by atoms with Crippen LogP contribution < -0.4 is 20.2 Å². The van der Waals surface area contributed by atoms with Crippen molar-refractivity contribution in [1.82, 2.24) is 25.8 Å². The minimum absolute atomic E-state index is 0.0468. The number of aromatic nitrogens is 3. The number of benzene rings is 2. The summed E-state index contributed by atoms with van der Waals surface area (Å²) in [5.74, 6) is 0.389. The molecule has 1 aliphatic heterocycles. The van der Waals surface area contributed by atoms with Crippen molar-refractivity contribution >= 4 is 28.1 Å². The molecule has 0 radical (unpaired) electrons. The fraction of sp³-hybridized carbons (Fsp3) is 0.250. The first-order valence-corrected chi connectivity index (χ1v) is 11.7. The minimum atomic E-state index is -0.199. The third-order valence-corrected chi connectivity index (χ3v) is 6.71. The number of amides is 1. The number of hydrogen-bond acceptors (Lipinski definition) is 8. The monoisotopic (exact) mass is 477 g/mol. The van der Waals surface area contributed by atoms with E-state index in [1.54, 1.807) is 24.3 Å². The molecule has 4 N–H and O–H groups in total. The van der Waals surface area contributed by atoms with Crippen LogP contribution in [0.2, 0.25) is 0 Å². The van der Waals surface area contributed by atoms with E-state index in [9.17, 15) is 14.7 Å². The van der Waals surface area contributed by atoms with Crippen LogP contribution in [0.5, 0.6) is 5.75 Å². The molecule has 34 heavy (non-hydrogen) atoms. The number of para-hydroxylation sites is 1. The molecular weight excluding hydrogens is 454 g/mol. The maximum atomic E-state index is 12.8. The van der Waals surface area contributed by atoms with Crippen LogP contribution >= 0.6 is 11.3 Å². The molecule has 2 aromatic heterocycles. The van der Waals surface area contributed by atoms with Crippen LogP contribution in [-0.4, -0.2) is 45.3 Å². The first-order valence-electron chi connectivity index (χ1n) is 10.9. The van der Waals surface area contributed by atoms with Crippen molar-refractivity contribution in [2.24, 2.45) is 0 Å². The largest absolute Gasteiger partial charge is 0.489 e. The highest BCUT2D eigenvalue weighted by Gasteiger charge is 2.32. The van der Waals surface area contributed by atoms with Crippen molar-refractivity contribution in [1.29, 1.82) is 0 Å². The molecule has 0 aliphatic carbocycles. The molecule has 2 aromatic carbocycles. The number of carbonyl (C=O) groups is 1. The highest BCUT2D eigenvalue weighted by molar-refractivity contribution is 7.08. The summed E-state index contributed by atoms with van der Waals surface area (Å²) in [5.41, 5.74) is 2.84. The van der Waals surface area contributed by atoms with Gasteiger partial charge in [-0.3, -0.25) is 14.6 Å². The van der Waals surface area contributed by atoms with E-state index >= 15 is 0 Å². The summed E-state index contributed by atoms with van der Waals surface area (Å²) in [5, 5.41) is 24.0. The number of rotatable bonds is 7. The summed E-state index contributed by atoms with van der Waals surface area (Å²) < 4.78 is 5.95. The van der Waals surface area contributed by atoms with E-state index in [-0.39, 0.29) is 29.3 Å². The van der Waals surface area contributed by atoms with Crippen LogP contribution in [0.1, 0.15) is 32.5 Å². The zero-order valence-corrected chi connectivity index (χ0v) is 19.0. The van der Waals surface area contributed by atoms with Gasteiger partial charge < -0.3 is 20.5 Å². The van der Waals surface area contributed by atoms with Crippen LogP contribution in [0.3, 0.4) is 0 Å². The van der Waals surface area contributed by atoms with E-state index in [1.165, 1.54) is 0 Å².